The molecule has 1 aromatic rings. The van der Waals surface area contributed by atoms with Gasteiger partial charge in [-0.15, -0.1) is 0 Å². The lowest BCUT2D eigenvalue weighted by Crippen LogP contribution is -2.42. The van der Waals surface area contributed by atoms with Crippen LogP contribution in [0.2, 0.25) is 0 Å². The first-order valence-corrected chi connectivity index (χ1v) is 7.75. The van der Waals surface area contributed by atoms with Gasteiger partial charge in [-0.1, -0.05) is 18.2 Å². The van der Waals surface area contributed by atoms with E-state index in [1.165, 1.54) is 0 Å². The molecule has 0 atom stereocenters. The molecule has 7 heteroatoms. The fraction of sp³-hybridized carbons (Fsp3) is 0.500. The lowest BCUT2D eigenvalue weighted by molar-refractivity contribution is -0.119. The van der Waals surface area contributed by atoms with Gasteiger partial charge in [-0.05, 0) is 12.5 Å². The Morgan fingerprint density at radius 2 is 2.00 bits per heavy atom. The third-order valence-electron chi connectivity index (χ3n) is 3.88. The number of para-hydroxylation sites is 1. The van der Waals surface area contributed by atoms with E-state index in [2.05, 4.69) is 5.32 Å². The molecule has 0 aromatic heterocycles. The summed E-state index contributed by atoms with van der Waals surface area (Å²) in [7, 11) is 1.61. The SMILES string of the molecule is COc1ccccc1CNC(=O)N1CCCN(CC(N)=O)CC1. The number of rotatable bonds is 5. The number of hydrogen-bond acceptors (Lipinski definition) is 4. The maximum Gasteiger partial charge on any atom is 0.317 e. The highest BCUT2D eigenvalue weighted by Gasteiger charge is 2.19. The van der Waals surface area contributed by atoms with Crippen molar-refractivity contribution < 1.29 is 14.3 Å². The summed E-state index contributed by atoms with van der Waals surface area (Å²) in [5, 5.41) is 2.92. The van der Waals surface area contributed by atoms with Gasteiger partial charge in [0.1, 0.15) is 5.75 Å². The van der Waals surface area contributed by atoms with E-state index in [4.69, 9.17) is 10.5 Å². The molecule has 23 heavy (non-hydrogen) atoms. The van der Waals surface area contributed by atoms with Crippen LogP contribution in [0.4, 0.5) is 4.79 Å². The van der Waals surface area contributed by atoms with Crippen molar-refractivity contribution in [3.8, 4) is 5.75 Å². The number of nitrogens with one attached hydrogen (secondary N) is 1. The Bertz CT molecular complexity index is 550. The van der Waals surface area contributed by atoms with E-state index in [9.17, 15) is 9.59 Å². The Morgan fingerprint density at radius 3 is 2.74 bits per heavy atom. The highest BCUT2D eigenvalue weighted by molar-refractivity contribution is 5.76. The van der Waals surface area contributed by atoms with Crippen LogP contribution in [0, 0.1) is 0 Å². The minimum absolute atomic E-state index is 0.100. The Hall–Kier alpha value is -2.28. The van der Waals surface area contributed by atoms with Crippen LogP contribution in [-0.4, -0.2) is 61.6 Å². The number of carbonyl (C=O) groups is 2. The maximum atomic E-state index is 12.3. The van der Waals surface area contributed by atoms with E-state index in [1.807, 2.05) is 29.2 Å². The maximum absolute atomic E-state index is 12.3. The zero-order valence-electron chi connectivity index (χ0n) is 13.5. The summed E-state index contributed by atoms with van der Waals surface area (Å²) >= 11 is 0. The van der Waals surface area contributed by atoms with E-state index in [0.717, 1.165) is 24.3 Å². The van der Waals surface area contributed by atoms with Crippen molar-refractivity contribution in [1.29, 1.82) is 0 Å². The normalized spacial score (nSPS) is 15.8. The molecule has 1 aliphatic heterocycles. The first-order chi connectivity index (χ1) is 11.1. The molecule has 1 saturated heterocycles. The molecule has 3 amide bonds. The smallest absolute Gasteiger partial charge is 0.317 e. The minimum Gasteiger partial charge on any atom is -0.496 e. The zero-order chi connectivity index (χ0) is 16.7. The van der Waals surface area contributed by atoms with Crippen LogP contribution in [0.25, 0.3) is 0 Å². The van der Waals surface area contributed by atoms with Crippen molar-refractivity contribution in [2.75, 3.05) is 39.8 Å². The zero-order valence-corrected chi connectivity index (χ0v) is 13.5. The summed E-state index contributed by atoms with van der Waals surface area (Å²) < 4.78 is 5.28. The monoisotopic (exact) mass is 320 g/mol. The van der Waals surface area contributed by atoms with Crippen LogP contribution in [-0.2, 0) is 11.3 Å². The number of nitrogens with zero attached hydrogens (tertiary/aromatic N) is 2. The topological polar surface area (TPSA) is 87.9 Å². The van der Waals surface area contributed by atoms with Gasteiger partial charge < -0.3 is 20.7 Å². The standard InChI is InChI=1S/C16H24N4O3/c1-23-14-6-3-2-5-13(14)11-18-16(22)20-8-4-7-19(9-10-20)12-15(17)21/h2-3,5-6H,4,7-12H2,1H3,(H2,17,21)(H,18,22). The molecule has 3 N–H and O–H groups in total. The summed E-state index contributed by atoms with van der Waals surface area (Å²) in [5.41, 5.74) is 6.16. The van der Waals surface area contributed by atoms with Crippen molar-refractivity contribution in [1.82, 2.24) is 15.1 Å². The number of primary amides is 1. The van der Waals surface area contributed by atoms with Crippen molar-refractivity contribution in [2.45, 2.75) is 13.0 Å². The number of urea groups is 1. The van der Waals surface area contributed by atoms with Gasteiger partial charge in [-0.3, -0.25) is 9.69 Å². The van der Waals surface area contributed by atoms with Gasteiger partial charge in [-0.2, -0.15) is 0 Å². The first-order valence-electron chi connectivity index (χ1n) is 7.75. The predicted octanol–water partition coefficient (Wildman–Crippen LogP) is 0.398. The number of nitrogens with two attached hydrogens (primary N) is 1. The lowest BCUT2D eigenvalue weighted by Gasteiger charge is -2.22. The molecule has 1 fully saturated rings. The van der Waals surface area contributed by atoms with Gasteiger partial charge in [0.25, 0.3) is 0 Å². The van der Waals surface area contributed by atoms with Crippen LogP contribution in [0.15, 0.2) is 24.3 Å². The highest BCUT2D eigenvalue weighted by atomic mass is 16.5. The molecule has 1 heterocycles. The van der Waals surface area contributed by atoms with E-state index in [-0.39, 0.29) is 18.5 Å². The summed E-state index contributed by atoms with van der Waals surface area (Å²) in [6.45, 7) is 3.36. The van der Waals surface area contributed by atoms with Crippen LogP contribution >= 0.6 is 0 Å². The second kappa shape index (κ2) is 8.38. The number of methoxy groups -OCH3 is 1. The number of benzene rings is 1. The Labute approximate surface area is 136 Å². The number of amides is 3. The van der Waals surface area contributed by atoms with Crippen molar-refractivity contribution >= 4 is 11.9 Å². The molecule has 0 radical (unpaired) electrons. The van der Waals surface area contributed by atoms with E-state index in [0.29, 0.717) is 26.2 Å². The Balaban J connectivity index is 1.85. The molecule has 0 bridgehead atoms. The number of carbonyl (C=O) groups excluding carboxylic acids is 2. The molecule has 0 unspecified atom stereocenters. The lowest BCUT2D eigenvalue weighted by atomic mass is 10.2. The molecular formula is C16H24N4O3. The second-order valence-electron chi connectivity index (χ2n) is 5.55. The van der Waals surface area contributed by atoms with Crippen LogP contribution in [0.1, 0.15) is 12.0 Å². The number of hydrogen-bond donors (Lipinski definition) is 2. The van der Waals surface area contributed by atoms with Gasteiger partial charge >= 0.3 is 6.03 Å². The number of ether oxygens (including phenoxy) is 1. The summed E-state index contributed by atoms with van der Waals surface area (Å²) in [6, 6.07) is 7.51. The van der Waals surface area contributed by atoms with Gasteiger partial charge in [0.05, 0.1) is 13.7 Å². The average Bonchev–Trinajstić information content (AvgIpc) is 2.78. The predicted molar refractivity (Wildman–Crippen MR) is 87.1 cm³/mol. The molecule has 0 aliphatic carbocycles. The second-order valence-corrected chi connectivity index (χ2v) is 5.55. The molecule has 1 aromatic carbocycles. The molecule has 0 saturated carbocycles. The quantitative estimate of drug-likeness (QED) is 0.822. The minimum atomic E-state index is -0.334. The van der Waals surface area contributed by atoms with Gasteiger partial charge in [0, 0.05) is 38.3 Å². The molecular weight excluding hydrogens is 296 g/mol. The summed E-state index contributed by atoms with van der Waals surface area (Å²) in [6.07, 6.45) is 0.829. The van der Waals surface area contributed by atoms with E-state index in [1.54, 1.807) is 12.0 Å². The van der Waals surface area contributed by atoms with Gasteiger partial charge in [-0.25, -0.2) is 4.79 Å². The van der Waals surface area contributed by atoms with Crippen molar-refractivity contribution in [3.05, 3.63) is 29.8 Å². The third-order valence-corrected chi connectivity index (χ3v) is 3.88. The van der Waals surface area contributed by atoms with Crippen LogP contribution in [0.3, 0.4) is 0 Å². The fourth-order valence-electron chi connectivity index (χ4n) is 2.68. The van der Waals surface area contributed by atoms with Gasteiger partial charge in [0.15, 0.2) is 0 Å². The first kappa shape index (κ1) is 17.1. The summed E-state index contributed by atoms with van der Waals surface area (Å²) in [5.74, 6) is 0.426. The average molecular weight is 320 g/mol. The van der Waals surface area contributed by atoms with Crippen LogP contribution < -0.4 is 15.8 Å². The molecule has 126 valence electrons. The fourth-order valence-corrected chi connectivity index (χ4v) is 2.68. The van der Waals surface area contributed by atoms with Gasteiger partial charge in [0.2, 0.25) is 5.91 Å². The highest BCUT2D eigenvalue weighted by Crippen LogP contribution is 2.16. The molecule has 1 aliphatic rings. The van der Waals surface area contributed by atoms with Crippen molar-refractivity contribution in [3.63, 3.8) is 0 Å². The van der Waals surface area contributed by atoms with E-state index < -0.39 is 0 Å². The summed E-state index contributed by atoms with van der Waals surface area (Å²) in [4.78, 5) is 27.1. The molecule has 0 spiro atoms. The largest absolute Gasteiger partial charge is 0.496 e. The van der Waals surface area contributed by atoms with Crippen LogP contribution in [0.5, 0.6) is 5.75 Å². The molecule has 7 nitrogen and oxygen atoms in total. The van der Waals surface area contributed by atoms with E-state index >= 15 is 0 Å². The van der Waals surface area contributed by atoms with Crippen molar-refractivity contribution in [2.24, 2.45) is 5.73 Å². The Morgan fingerprint density at radius 1 is 1.22 bits per heavy atom. The molecule has 2 rings (SSSR count). The Kier molecular flexibility index (Phi) is 6.22. The third kappa shape index (κ3) is 5.14.